The van der Waals surface area contributed by atoms with Crippen molar-refractivity contribution in [2.24, 2.45) is 0 Å². The van der Waals surface area contributed by atoms with Crippen LogP contribution in [0.1, 0.15) is 22.8 Å². The van der Waals surface area contributed by atoms with Gasteiger partial charge in [-0.05, 0) is 73.6 Å². The van der Waals surface area contributed by atoms with E-state index in [0.29, 0.717) is 17.2 Å². The van der Waals surface area contributed by atoms with Crippen molar-refractivity contribution in [3.63, 3.8) is 0 Å². The summed E-state index contributed by atoms with van der Waals surface area (Å²) in [6, 6.07) is 19.3. The number of benzene rings is 2. The number of nitrogens with one attached hydrogen (secondary N) is 2. The molecule has 8 nitrogen and oxygen atoms in total. The Kier molecular flexibility index (Phi) is 7.37. The van der Waals surface area contributed by atoms with Gasteiger partial charge in [0.05, 0.1) is 5.69 Å². The number of anilines is 4. The summed E-state index contributed by atoms with van der Waals surface area (Å²) < 4.78 is 0. The van der Waals surface area contributed by atoms with E-state index in [-0.39, 0.29) is 5.91 Å². The number of nitrogens with zero attached hydrogens (tertiary/aromatic N) is 5. The molecule has 8 heteroatoms. The molecule has 2 aromatic heterocycles. The molecular formula is C29H31N7O. The van der Waals surface area contributed by atoms with Gasteiger partial charge in [0.15, 0.2) is 0 Å². The molecule has 1 aliphatic rings. The number of aryl methyl sites for hydroxylation is 1. The lowest BCUT2D eigenvalue weighted by Crippen LogP contribution is -2.46. The summed E-state index contributed by atoms with van der Waals surface area (Å²) in [7, 11) is 0. The molecule has 0 spiro atoms. The maximum absolute atomic E-state index is 13.0. The molecule has 0 unspecified atom stereocenters. The zero-order valence-corrected chi connectivity index (χ0v) is 21.2. The number of carbonyl (C=O) groups is 1. The number of rotatable bonds is 7. The number of amides is 1. The summed E-state index contributed by atoms with van der Waals surface area (Å²) in [5.41, 5.74) is 6.01. The van der Waals surface area contributed by atoms with Crippen LogP contribution in [-0.4, -0.2) is 58.5 Å². The molecule has 2 N–H and O–H groups in total. The van der Waals surface area contributed by atoms with Crippen LogP contribution >= 0.6 is 0 Å². The fraction of sp³-hybridized carbons (Fsp3) is 0.241. The van der Waals surface area contributed by atoms with Gasteiger partial charge >= 0.3 is 0 Å². The third kappa shape index (κ3) is 5.92. The predicted octanol–water partition coefficient (Wildman–Crippen LogP) is 4.98. The summed E-state index contributed by atoms with van der Waals surface area (Å²) in [4.78, 5) is 30.9. The minimum absolute atomic E-state index is 0.146. The minimum atomic E-state index is -0.146. The molecule has 5 rings (SSSR count). The lowest BCUT2D eigenvalue weighted by atomic mass is 10.1. The van der Waals surface area contributed by atoms with Crippen molar-refractivity contribution in [3.8, 4) is 11.3 Å². The van der Waals surface area contributed by atoms with Crippen molar-refractivity contribution in [2.45, 2.75) is 13.8 Å². The number of aromatic nitrogens is 3. The highest BCUT2D eigenvalue weighted by Gasteiger charge is 2.16. The van der Waals surface area contributed by atoms with Gasteiger partial charge in [-0.15, -0.1) is 0 Å². The molecule has 3 heterocycles. The SMILES string of the molecule is CCN1CCN(c2ccc(C(=O)Nc3ccc(C)c(Nc4nccc(-c5cccnc5)n4)c3)cc2)CC1. The van der Waals surface area contributed by atoms with E-state index in [1.54, 1.807) is 18.6 Å². The molecule has 0 saturated carbocycles. The van der Waals surface area contributed by atoms with Crippen molar-refractivity contribution in [1.82, 2.24) is 19.9 Å². The summed E-state index contributed by atoms with van der Waals surface area (Å²) in [5, 5.41) is 6.30. The number of hydrogen-bond donors (Lipinski definition) is 2. The third-order valence-corrected chi connectivity index (χ3v) is 6.67. The average Bonchev–Trinajstić information content (AvgIpc) is 2.95. The Bertz CT molecular complexity index is 1350. The topological polar surface area (TPSA) is 86.3 Å². The summed E-state index contributed by atoms with van der Waals surface area (Å²) in [6.45, 7) is 9.45. The Balaban J connectivity index is 1.25. The number of hydrogen-bond acceptors (Lipinski definition) is 7. The van der Waals surface area contributed by atoms with E-state index in [2.05, 4.69) is 42.3 Å². The predicted molar refractivity (Wildman–Crippen MR) is 148 cm³/mol. The summed E-state index contributed by atoms with van der Waals surface area (Å²) in [5.74, 6) is 0.329. The highest BCUT2D eigenvalue weighted by molar-refractivity contribution is 6.04. The van der Waals surface area contributed by atoms with Crippen LogP contribution in [0.2, 0.25) is 0 Å². The van der Waals surface area contributed by atoms with Crippen molar-refractivity contribution < 1.29 is 4.79 Å². The van der Waals surface area contributed by atoms with Crippen molar-refractivity contribution in [2.75, 3.05) is 48.3 Å². The second-order valence-corrected chi connectivity index (χ2v) is 9.08. The molecular weight excluding hydrogens is 462 g/mol. The molecule has 4 aromatic rings. The normalized spacial score (nSPS) is 13.8. The Hall–Kier alpha value is -4.30. The molecule has 0 atom stereocenters. The Morgan fingerprint density at radius 2 is 1.78 bits per heavy atom. The molecule has 1 fully saturated rings. The van der Waals surface area contributed by atoms with Gasteiger partial charge in [-0.25, -0.2) is 9.97 Å². The van der Waals surface area contributed by atoms with E-state index in [0.717, 1.165) is 60.9 Å². The van der Waals surface area contributed by atoms with Crippen LogP contribution < -0.4 is 15.5 Å². The lowest BCUT2D eigenvalue weighted by molar-refractivity contribution is 0.102. The largest absolute Gasteiger partial charge is 0.369 e. The number of pyridine rings is 1. The molecule has 0 radical (unpaired) electrons. The minimum Gasteiger partial charge on any atom is -0.369 e. The molecule has 2 aromatic carbocycles. The molecule has 188 valence electrons. The molecule has 1 saturated heterocycles. The van der Waals surface area contributed by atoms with E-state index in [4.69, 9.17) is 0 Å². The zero-order chi connectivity index (χ0) is 25.6. The van der Waals surface area contributed by atoms with Crippen LogP contribution in [0.4, 0.5) is 23.0 Å². The van der Waals surface area contributed by atoms with Crippen LogP contribution in [0.3, 0.4) is 0 Å². The van der Waals surface area contributed by atoms with Crippen LogP contribution in [0.25, 0.3) is 11.3 Å². The van der Waals surface area contributed by atoms with Gasteiger partial charge in [0, 0.05) is 73.0 Å². The highest BCUT2D eigenvalue weighted by atomic mass is 16.1. The van der Waals surface area contributed by atoms with E-state index in [9.17, 15) is 4.79 Å². The van der Waals surface area contributed by atoms with Gasteiger partial charge in [-0.3, -0.25) is 9.78 Å². The fourth-order valence-electron chi connectivity index (χ4n) is 4.40. The van der Waals surface area contributed by atoms with E-state index < -0.39 is 0 Å². The first-order valence-electron chi connectivity index (χ1n) is 12.6. The van der Waals surface area contributed by atoms with E-state index in [1.165, 1.54) is 0 Å². The first-order valence-corrected chi connectivity index (χ1v) is 12.6. The summed E-state index contributed by atoms with van der Waals surface area (Å²) >= 11 is 0. The second-order valence-electron chi connectivity index (χ2n) is 9.08. The maximum Gasteiger partial charge on any atom is 0.255 e. The Morgan fingerprint density at radius 3 is 2.51 bits per heavy atom. The fourth-order valence-corrected chi connectivity index (χ4v) is 4.40. The maximum atomic E-state index is 13.0. The molecule has 37 heavy (non-hydrogen) atoms. The first-order chi connectivity index (χ1) is 18.1. The summed E-state index contributed by atoms with van der Waals surface area (Å²) in [6.07, 6.45) is 5.22. The van der Waals surface area contributed by atoms with Gasteiger partial charge in [0.25, 0.3) is 5.91 Å². The van der Waals surface area contributed by atoms with E-state index >= 15 is 0 Å². The molecule has 0 aliphatic carbocycles. The van der Waals surface area contributed by atoms with Crippen molar-refractivity contribution >= 4 is 28.9 Å². The lowest BCUT2D eigenvalue weighted by Gasteiger charge is -2.35. The highest BCUT2D eigenvalue weighted by Crippen LogP contribution is 2.25. The molecule has 1 aliphatic heterocycles. The van der Waals surface area contributed by atoms with Gasteiger partial charge in [0.2, 0.25) is 5.95 Å². The van der Waals surface area contributed by atoms with Crippen LogP contribution in [-0.2, 0) is 0 Å². The average molecular weight is 494 g/mol. The Labute approximate surface area is 217 Å². The van der Waals surface area contributed by atoms with Crippen molar-refractivity contribution in [3.05, 3.63) is 90.4 Å². The molecule has 1 amide bonds. The van der Waals surface area contributed by atoms with Gasteiger partial charge in [0.1, 0.15) is 0 Å². The zero-order valence-electron chi connectivity index (χ0n) is 21.2. The van der Waals surface area contributed by atoms with Crippen LogP contribution in [0.5, 0.6) is 0 Å². The van der Waals surface area contributed by atoms with Crippen LogP contribution in [0, 0.1) is 6.92 Å². The Morgan fingerprint density at radius 1 is 0.973 bits per heavy atom. The van der Waals surface area contributed by atoms with Gasteiger partial charge in [-0.2, -0.15) is 0 Å². The standard InChI is InChI=1S/C29H31N7O/c1-3-35-15-17-36(18-16-35)25-10-7-22(8-11-25)28(37)32-24-9-6-21(2)27(19-24)34-29-31-14-12-26(33-29)23-5-4-13-30-20-23/h4-14,19-20H,3,15-18H2,1-2H3,(H,32,37)(H,31,33,34). The third-order valence-electron chi connectivity index (χ3n) is 6.67. The number of piperazine rings is 1. The quantitative estimate of drug-likeness (QED) is 0.375. The number of likely N-dealkylation sites (N-methyl/N-ethyl adjacent to an activating group) is 1. The van der Waals surface area contributed by atoms with Crippen LogP contribution in [0.15, 0.2) is 79.3 Å². The monoisotopic (exact) mass is 493 g/mol. The smallest absolute Gasteiger partial charge is 0.255 e. The first kappa shape index (κ1) is 24.4. The van der Waals surface area contributed by atoms with E-state index in [1.807, 2.05) is 67.6 Å². The van der Waals surface area contributed by atoms with Gasteiger partial charge in [-0.1, -0.05) is 13.0 Å². The molecule has 0 bridgehead atoms. The second kappa shape index (κ2) is 11.2. The van der Waals surface area contributed by atoms with Gasteiger partial charge < -0.3 is 20.4 Å². The van der Waals surface area contributed by atoms with Crippen molar-refractivity contribution in [1.29, 1.82) is 0 Å². The number of carbonyl (C=O) groups excluding carboxylic acids is 1.